The lowest BCUT2D eigenvalue weighted by atomic mass is 10.2. The SMILES string of the molecule is C/C=C/C=C\CC=C(C)C. The van der Waals surface area contributed by atoms with Crippen molar-refractivity contribution in [3.63, 3.8) is 0 Å². The van der Waals surface area contributed by atoms with Crippen LogP contribution in [0.5, 0.6) is 0 Å². The van der Waals surface area contributed by atoms with Crippen LogP contribution < -0.4 is 0 Å². The Morgan fingerprint density at radius 3 is 2.40 bits per heavy atom. The minimum atomic E-state index is 1.05. The van der Waals surface area contributed by atoms with E-state index < -0.39 is 0 Å². The van der Waals surface area contributed by atoms with E-state index in [2.05, 4.69) is 32.1 Å². The molecule has 0 nitrogen and oxygen atoms in total. The summed E-state index contributed by atoms with van der Waals surface area (Å²) in [7, 11) is 0. The highest BCUT2D eigenvalue weighted by molar-refractivity contribution is 5.05. The van der Waals surface area contributed by atoms with E-state index >= 15 is 0 Å². The van der Waals surface area contributed by atoms with Gasteiger partial charge >= 0.3 is 0 Å². The predicted octanol–water partition coefficient (Wildman–Crippen LogP) is 3.48. The van der Waals surface area contributed by atoms with Gasteiger partial charge in [-0.2, -0.15) is 0 Å². The second-order valence-electron chi connectivity index (χ2n) is 2.47. The van der Waals surface area contributed by atoms with Gasteiger partial charge in [0.25, 0.3) is 0 Å². The Hall–Kier alpha value is -0.780. The molecule has 0 heterocycles. The number of rotatable bonds is 3. The Bertz CT molecular complexity index is 143. The molecule has 0 spiro atoms. The predicted molar refractivity (Wildman–Crippen MR) is 48.0 cm³/mol. The number of hydrogen-bond acceptors (Lipinski definition) is 0. The average molecular weight is 136 g/mol. The quantitative estimate of drug-likeness (QED) is 0.411. The molecule has 0 aliphatic carbocycles. The van der Waals surface area contributed by atoms with Gasteiger partial charge in [-0.3, -0.25) is 0 Å². The third-order valence-electron chi connectivity index (χ3n) is 1.10. The van der Waals surface area contributed by atoms with Crippen LogP contribution in [0.3, 0.4) is 0 Å². The average Bonchev–Trinajstić information content (AvgIpc) is 1.87. The van der Waals surface area contributed by atoms with Gasteiger partial charge < -0.3 is 0 Å². The molecule has 0 amide bonds. The van der Waals surface area contributed by atoms with Crippen LogP contribution in [0.4, 0.5) is 0 Å². The topological polar surface area (TPSA) is 0 Å². The van der Waals surface area contributed by atoms with E-state index in [1.54, 1.807) is 0 Å². The Labute approximate surface area is 64.0 Å². The van der Waals surface area contributed by atoms with E-state index in [1.807, 2.05) is 19.1 Å². The van der Waals surface area contributed by atoms with E-state index in [0.29, 0.717) is 0 Å². The first kappa shape index (κ1) is 9.22. The Morgan fingerprint density at radius 2 is 1.90 bits per heavy atom. The monoisotopic (exact) mass is 136 g/mol. The molecule has 0 atom stereocenters. The van der Waals surface area contributed by atoms with Crippen molar-refractivity contribution in [3.05, 3.63) is 36.0 Å². The van der Waals surface area contributed by atoms with Gasteiger partial charge in [0, 0.05) is 0 Å². The van der Waals surface area contributed by atoms with Gasteiger partial charge in [0.05, 0.1) is 0 Å². The smallest absolute Gasteiger partial charge is 0.0164 e. The molecule has 56 valence electrons. The fraction of sp³-hybridized carbons (Fsp3) is 0.400. The number of allylic oxidation sites excluding steroid dienone is 6. The first-order chi connectivity index (χ1) is 4.77. The van der Waals surface area contributed by atoms with E-state index in [4.69, 9.17) is 0 Å². The minimum Gasteiger partial charge on any atom is -0.0877 e. The summed E-state index contributed by atoms with van der Waals surface area (Å²) in [4.78, 5) is 0. The van der Waals surface area contributed by atoms with Crippen molar-refractivity contribution < 1.29 is 0 Å². The largest absolute Gasteiger partial charge is 0.0877 e. The van der Waals surface area contributed by atoms with Crippen molar-refractivity contribution >= 4 is 0 Å². The lowest BCUT2D eigenvalue weighted by Crippen LogP contribution is -1.62. The summed E-state index contributed by atoms with van der Waals surface area (Å²) in [6.45, 7) is 6.25. The van der Waals surface area contributed by atoms with Crippen LogP contribution in [-0.4, -0.2) is 0 Å². The van der Waals surface area contributed by atoms with Crippen molar-refractivity contribution in [2.45, 2.75) is 27.2 Å². The van der Waals surface area contributed by atoms with E-state index in [0.717, 1.165) is 6.42 Å². The van der Waals surface area contributed by atoms with Gasteiger partial charge in [0.2, 0.25) is 0 Å². The van der Waals surface area contributed by atoms with E-state index in [-0.39, 0.29) is 0 Å². The lowest BCUT2D eigenvalue weighted by molar-refractivity contribution is 1.28. The summed E-state index contributed by atoms with van der Waals surface area (Å²) < 4.78 is 0. The highest BCUT2D eigenvalue weighted by atomic mass is 13.8. The highest BCUT2D eigenvalue weighted by Crippen LogP contribution is 1.93. The zero-order chi connectivity index (χ0) is 7.82. The maximum atomic E-state index is 2.21. The first-order valence-electron chi connectivity index (χ1n) is 3.68. The Morgan fingerprint density at radius 1 is 1.20 bits per heavy atom. The first-order valence-corrected chi connectivity index (χ1v) is 3.68. The summed E-state index contributed by atoms with van der Waals surface area (Å²) in [5, 5.41) is 0. The van der Waals surface area contributed by atoms with Crippen LogP contribution in [0.1, 0.15) is 27.2 Å². The van der Waals surface area contributed by atoms with Gasteiger partial charge in [0.1, 0.15) is 0 Å². The third kappa shape index (κ3) is 7.22. The van der Waals surface area contributed by atoms with E-state index in [9.17, 15) is 0 Å². The molecule has 0 N–H and O–H groups in total. The summed E-state index contributed by atoms with van der Waals surface area (Å²) in [5.74, 6) is 0. The molecule has 0 aromatic heterocycles. The molecular formula is C10H16. The zero-order valence-corrected chi connectivity index (χ0v) is 7.09. The molecule has 0 rings (SSSR count). The molecule has 0 saturated carbocycles. The molecule has 10 heavy (non-hydrogen) atoms. The lowest BCUT2D eigenvalue weighted by Gasteiger charge is -1.83. The molecular weight excluding hydrogens is 120 g/mol. The van der Waals surface area contributed by atoms with Crippen LogP contribution in [0, 0.1) is 0 Å². The molecule has 0 aliphatic rings. The van der Waals surface area contributed by atoms with Crippen molar-refractivity contribution in [2.75, 3.05) is 0 Å². The molecule has 0 heteroatoms. The van der Waals surface area contributed by atoms with Crippen molar-refractivity contribution in [2.24, 2.45) is 0 Å². The maximum Gasteiger partial charge on any atom is -0.0164 e. The summed E-state index contributed by atoms with van der Waals surface area (Å²) in [5.41, 5.74) is 1.38. The van der Waals surface area contributed by atoms with Gasteiger partial charge in [-0.1, -0.05) is 36.0 Å². The fourth-order valence-electron chi connectivity index (χ4n) is 0.572. The van der Waals surface area contributed by atoms with Gasteiger partial charge in [-0.15, -0.1) is 0 Å². The highest BCUT2D eigenvalue weighted by Gasteiger charge is 1.72. The van der Waals surface area contributed by atoms with Crippen LogP contribution >= 0.6 is 0 Å². The fourth-order valence-corrected chi connectivity index (χ4v) is 0.572. The van der Waals surface area contributed by atoms with Crippen LogP contribution in [0.15, 0.2) is 36.0 Å². The molecule has 0 unspecified atom stereocenters. The summed E-state index contributed by atoms with van der Waals surface area (Å²) >= 11 is 0. The van der Waals surface area contributed by atoms with Gasteiger partial charge in [-0.05, 0) is 27.2 Å². The standard InChI is InChI=1S/C10H16/c1-4-5-6-7-8-9-10(2)3/h4-7,9H,8H2,1-3H3/b5-4+,7-6-. The number of hydrogen-bond donors (Lipinski definition) is 0. The molecule has 0 saturated heterocycles. The van der Waals surface area contributed by atoms with Crippen LogP contribution in [-0.2, 0) is 0 Å². The Balaban J connectivity index is 3.45. The summed E-state index contributed by atoms with van der Waals surface area (Å²) in [6.07, 6.45) is 11.5. The van der Waals surface area contributed by atoms with Gasteiger partial charge in [0.15, 0.2) is 0 Å². The normalized spacial score (nSPS) is 11.1. The van der Waals surface area contributed by atoms with E-state index in [1.165, 1.54) is 5.57 Å². The zero-order valence-electron chi connectivity index (χ0n) is 7.09. The second-order valence-corrected chi connectivity index (χ2v) is 2.47. The molecule has 0 bridgehead atoms. The molecule has 0 aromatic carbocycles. The van der Waals surface area contributed by atoms with Crippen molar-refractivity contribution in [3.8, 4) is 0 Å². The molecule has 0 aromatic rings. The minimum absolute atomic E-state index is 1.05. The maximum absolute atomic E-state index is 2.21. The van der Waals surface area contributed by atoms with Crippen LogP contribution in [0.2, 0.25) is 0 Å². The van der Waals surface area contributed by atoms with Gasteiger partial charge in [-0.25, -0.2) is 0 Å². The second kappa shape index (κ2) is 6.34. The van der Waals surface area contributed by atoms with Crippen LogP contribution in [0.25, 0.3) is 0 Å². The van der Waals surface area contributed by atoms with Crippen molar-refractivity contribution in [1.82, 2.24) is 0 Å². The third-order valence-corrected chi connectivity index (χ3v) is 1.10. The van der Waals surface area contributed by atoms with Crippen molar-refractivity contribution in [1.29, 1.82) is 0 Å². The molecule has 0 fully saturated rings. The molecule has 0 radical (unpaired) electrons. The Kier molecular flexibility index (Phi) is 5.85. The molecule has 0 aliphatic heterocycles. The summed E-state index contributed by atoms with van der Waals surface area (Å²) in [6, 6.07) is 0.